The van der Waals surface area contributed by atoms with Gasteiger partial charge in [0.25, 0.3) is 0 Å². The molecule has 15 heavy (non-hydrogen) atoms. The Bertz CT molecular complexity index is 149. The van der Waals surface area contributed by atoms with E-state index in [4.69, 9.17) is 0 Å². The molecule has 0 spiro atoms. The fourth-order valence-electron chi connectivity index (χ4n) is 1.81. The molecule has 0 fully saturated rings. The Balaban J connectivity index is 2.96. The number of carbonyl (C=O) groups is 1. The van der Waals surface area contributed by atoms with Crippen LogP contribution in [0.5, 0.6) is 0 Å². The quantitative estimate of drug-likeness (QED) is 0.478. The van der Waals surface area contributed by atoms with Crippen molar-refractivity contribution < 1.29 is 4.79 Å². The SMILES string of the molecule is CC(=O)CCCCCCCCCC(C)C. The molecule has 0 radical (unpaired) electrons. The number of Topliss-reactive ketones (excluding diaryl/α,β-unsaturated/α-hetero) is 1. The Morgan fingerprint density at radius 2 is 1.33 bits per heavy atom. The molecule has 0 saturated heterocycles. The van der Waals surface area contributed by atoms with E-state index in [9.17, 15) is 4.79 Å². The standard InChI is InChI=1S/C14H28O/c1-13(2)11-9-7-5-4-6-8-10-12-14(3)15/h13H,4-12H2,1-3H3. The van der Waals surface area contributed by atoms with Crippen LogP contribution < -0.4 is 0 Å². The second kappa shape index (κ2) is 10.2. The third-order valence-corrected chi connectivity index (χ3v) is 2.81. The van der Waals surface area contributed by atoms with Crippen LogP contribution in [0.1, 0.15) is 78.6 Å². The summed E-state index contributed by atoms with van der Waals surface area (Å²) in [6, 6.07) is 0. The maximum absolute atomic E-state index is 10.7. The summed E-state index contributed by atoms with van der Waals surface area (Å²) in [6.45, 7) is 6.27. The zero-order chi connectivity index (χ0) is 11.5. The Morgan fingerprint density at radius 3 is 1.80 bits per heavy atom. The lowest BCUT2D eigenvalue weighted by Gasteiger charge is -2.04. The Hall–Kier alpha value is -0.330. The molecule has 1 nitrogen and oxygen atoms in total. The minimum atomic E-state index is 0.340. The molecule has 0 aromatic heterocycles. The average Bonchev–Trinajstić information content (AvgIpc) is 2.14. The molecule has 0 aliphatic heterocycles. The zero-order valence-corrected chi connectivity index (χ0v) is 10.8. The molecule has 1 heteroatoms. The molecular formula is C14H28O. The molecule has 0 N–H and O–H groups in total. The fraction of sp³-hybridized carbons (Fsp3) is 0.929. The number of unbranched alkanes of at least 4 members (excludes halogenated alkanes) is 6. The number of rotatable bonds is 10. The van der Waals surface area contributed by atoms with Crippen molar-refractivity contribution in [1.82, 2.24) is 0 Å². The van der Waals surface area contributed by atoms with Crippen molar-refractivity contribution in [3.63, 3.8) is 0 Å². The van der Waals surface area contributed by atoms with E-state index in [1.165, 1.54) is 44.9 Å². The molecule has 0 bridgehead atoms. The lowest BCUT2D eigenvalue weighted by atomic mass is 10.0. The van der Waals surface area contributed by atoms with Gasteiger partial charge in [-0.25, -0.2) is 0 Å². The highest BCUT2D eigenvalue weighted by atomic mass is 16.1. The van der Waals surface area contributed by atoms with E-state index in [1.807, 2.05) is 0 Å². The van der Waals surface area contributed by atoms with Crippen LogP contribution >= 0.6 is 0 Å². The van der Waals surface area contributed by atoms with E-state index in [2.05, 4.69) is 13.8 Å². The van der Waals surface area contributed by atoms with Gasteiger partial charge in [0.2, 0.25) is 0 Å². The van der Waals surface area contributed by atoms with Crippen molar-refractivity contribution >= 4 is 5.78 Å². The van der Waals surface area contributed by atoms with Crippen LogP contribution in [0.25, 0.3) is 0 Å². The van der Waals surface area contributed by atoms with Crippen LogP contribution in [0.15, 0.2) is 0 Å². The van der Waals surface area contributed by atoms with Crippen molar-refractivity contribution in [3.05, 3.63) is 0 Å². The molecule has 0 atom stereocenters. The Kier molecular flexibility index (Phi) is 9.97. The fourth-order valence-corrected chi connectivity index (χ4v) is 1.81. The summed E-state index contributed by atoms with van der Waals surface area (Å²) in [5.41, 5.74) is 0. The van der Waals surface area contributed by atoms with Crippen LogP contribution in [0, 0.1) is 5.92 Å². The molecule has 0 saturated carbocycles. The first-order chi connectivity index (χ1) is 7.13. The summed E-state index contributed by atoms with van der Waals surface area (Å²) in [6.07, 6.45) is 11.3. The van der Waals surface area contributed by atoms with Crippen LogP contribution in [-0.2, 0) is 4.79 Å². The topological polar surface area (TPSA) is 17.1 Å². The predicted molar refractivity (Wildman–Crippen MR) is 67.1 cm³/mol. The number of hydrogen-bond acceptors (Lipinski definition) is 1. The van der Waals surface area contributed by atoms with E-state index >= 15 is 0 Å². The molecule has 0 heterocycles. The van der Waals surface area contributed by atoms with Gasteiger partial charge < -0.3 is 4.79 Å². The maximum Gasteiger partial charge on any atom is 0.129 e. The molecule has 0 rings (SSSR count). The van der Waals surface area contributed by atoms with E-state index in [-0.39, 0.29) is 0 Å². The zero-order valence-electron chi connectivity index (χ0n) is 10.8. The molecule has 0 aliphatic carbocycles. The Morgan fingerprint density at radius 1 is 0.867 bits per heavy atom. The summed E-state index contributed by atoms with van der Waals surface area (Å²) >= 11 is 0. The van der Waals surface area contributed by atoms with Crippen molar-refractivity contribution in [2.24, 2.45) is 5.92 Å². The van der Waals surface area contributed by atoms with Gasteiger partial charge in [0.05, 0.1) is 0 Å². The van der Waals surface area contributed by atoms with E-state index in [1.54, 1.807) is 6.92 Å². The van der Waals surface area contributed by atoms with Crippen LogP contribution in [0.3, 0.4) is 0 Å². The molecule has 0 aromatic carbocycles. The van der Waals surface area contributed by atoms with Gasteiger partial charge in [-0.3, -0.25) is 0 Å². The van der Waals surface area contributed by atoms with E-state index < -0.39 is 0 Å². The minimum absolute atomic E-state index is 0.340. The van der Waals surface area contributed by atoms with Gasteiger partial charge in [-0.05, 0) is 19.3 Å². The van der Waals surface area contributed by atoms with Crippen molar-refractivity contribution in [3.8, 4) is 0 Å². The van der Waals surface area contributed by atoms with Gasteiger partial charge in [-0.15, -0.1) is 0 Å². The van der Waals surface area contributed by atoms with Crippen molar-refractivity contribution in [2.75, 3.05) is 0 Å². The van der Waals surface area contributed by atoms with Gasteiger partial charge >= 0.3 is 0 Å². The number of carbonyl (C=O) groups excluding carboxylic acids is 1. The van der Waals surface area contributed by atoms with E-state index in [0.717, 1.165) is 18.8 Å². The maximum atomic E-state index is 10.7. The van der Waals surface area contributed by atoms with Gasteiger partial charge in [0.15, 0.2) is 0 Å². The van der Waals surface area contributed by atoms with Crippen LogP contribution in [-0.4, -0.2) is 5.78 Å². The third kappa shape index (κ3) is 13.7. The number of ketones is 1. The second-order valence-electron chi connectivity index (χ2n) is 5.11. The normalized spacial score (nSPS) is 10.9. The van der Waals surface area contributed by atoms with Crippen molar-refractivity contribution in [2.45, 2.75) is 78.6 Å². The van der Waals surface area contributed by atoms with Crippen molar-refractivity contribution in [1.29, 1.82) is 0 Å². The monoisotopic (exact) mass is 212 g/mol. The predicted octanol–water partition coefficient (Wildman–Crippen LogP) is 4.74. The van der Waals surface area contributed by atoms with E-state index in [0.29, 0.717) is 5.78 Å². The van der Waals surface area contributed by atoms with Gasteiger partial charge in [0.1, 0.15) is 5.78 Å². The van der Waals surface area contributed by atoms with Gasteiger partial charge in [-0.1, -0.05) is 58.8 Å². The highest BCUT2D eigenvalue weighted by Gasteiger charge is 1.96. The Labute approximate surface area is 95.6 Å². The summed E-state index contributed by atoms with van der Waals surface area (Å²) in [5.74, 6) is 1.20. The first kappa shape index (κ1) is 14.7. The lowest BCUT2D eigenvalue weighted by molar-refractivity contribution is -0.117. The second-order valence-corrected chi connectivity index (χ2v) is 5.11. The summed E-state index contributed by atoms with van der Waals surface area (Å²) in [7, 11) is 0. The number of hydrogen-bond donors (Lipinski definition) is 0. The first-order valence-electron chi connectivity index (χ1n) is 6.62. The van der Waals surface area contributed by atoms with Gasteiger partial charge in [-0.2, -0.15) is 0 Å². The molecule has 0 unspecified atom stereocenters. The van der Waals surface area contributed by atoms with Crippen LogP contribution in [0.2, 0.25) is 0 Å². The molecule has 0 aromatic rings. The molecular weight excluding hydrogens is 184 g/mol. The summed E-state index contributed by atoms with van der Waals surface area (Å²) < 4.78 is 0. The minimum Gasteiger partial charge on any atom is -0.300 e. The molecule has 0 amide bonds. The summed E-state index contributed by atoms with van der Waals surface area (Å²) in [4.78, 5) is 10.7. The average molecular weight is 212 g/mol. The highest BCUT2D eigenvalue weighted by molar-refractivity contribution is 5.75. The van der Waals surface area contributed by atoms with Gasteiger partial charge in [0, 0.05) is 6.42 Å². The third-order valence-electron chi connectivity index (χ3n) is 2.81. The van der Waals surface area contributed by atoms with Crippen LogP contribution in [0.4, 0.5) is 0 Å². The largest absolute Gasteiger partial charge is 0.300 e. The molecule has 0 aliphatic rings. The summed E-state index contributed by atoms with van der Waals surface area (Å²) in [5, 5.41) is 0. The smallest absolute Gasteiger partial charge is 0.129 e. The highest BCUT2D eigenvalue weighted by Crippen LogP contribution is 2.12. The lowest BCUT2D eigenvalue weighted by Crippen LogP contribution is -1.89. The molecule has 90 valence electrons. The first-order valence-corrected chi connectivity index (χ1v) is 6.62.